The third kappa shape index (κ3) is 5.32. The van der Waals surface area contributed by atoms with Gasteiger partial charge < -0.3 is 5.32 Å². The molecular formula is C18H30N2S. The van der Waals surface area contributed by atoms with Crippen LogP contribution in [0.2, 0.25) is 0 Å². The first kappa shape index (κ1) is 16.9. The molecule has 1 aliphatic heterocycles. The average molecular weight is 307 g/mol. The van der Waals surface area contributed by atoms with Gasteiger partial charge in [0.15, 0.2) is 0 Å². The Morgan fingerprint density at radius 1 is 1.24 bits per heavy atom. The Hall–Kier alpha value is -0.510. The molecule has 1 aliphatic rings. The van der Waals surface area contributed by atoms with Gasteiger partial charge in [-0.25, -0.2) is 0 Å². The van der Waals surface area contributed by atoms with Crippen LogP contribution in [-0.4, -0.2) is 42.1 Å². The highest BCUT2D eigenvalue weighted by Gasteiger charge is 2.23. The first-order valence-corrected chi connectivity index (χ1v) is 9.08. The van der Waals surface area contributed by atoms with Crippen molar-refractivity contribution < 1.29 is 0 Å². The third-order valence-corrected chi connectivity index (χ3v) is 5.77. The maximum atomic E-state index is 3.25. The van der Waals surface area contributed by atoms with Gasteiger partial charge in [0.1, 0.15) is 0 Å². The summed E-state index contributed by atoms with van der Waals surface area (Å²) in [7, 11) is 2.02. The highest BCUT2D eigenvalue weighted by molar-refractivity contribution is 8.00. The van der Waals surface area contributed by atoms with Crippen molar-refractivity contribution in [1.29, 1.82) is 0 Å². The van der Waals surface area contributed by atoms with Crippen LogP contribution in [0.15, 0.2) is 24.3 Å². The zero-order valence-corrected chi connectivity index (χ0v) is 14.8. The normalized spacial score (nSPS) is 21.0. The molecule has 0 radical (unpaired) electrons. The van der Waals surface area contributed by atoms with Gasteiger partial charge in [-0.05, 0) is 37.1 Å². The molecule has 1 heterocycles. The monoisotopic (exact) mass is 306 g/mol. The van der Waals surface area contributed by atoms with Crippen molar-refractivity contribution in [3.8, 4) is 0 Å². The fraction of sp³-hybridized carbons (Fsp3) is 0.667. The van der Waals surface area contributed by atoms with Crippen molar-refractivity contribution in [2.45, 2.75) is 44.4 Å². The number of nitrogens with zero attached hydrogens (tertiary/aromatic N) is 1. The molecule has 0 amide bonds. The van der Waals surface area contributed by atoms with Crippen molar-refractivity contribution >= 4 is 11.8 Å². The predicted molar refractivity (Wildman–Crippen MR) is 95.2 cm³/mol. The standard InChI is InChI=1S/C18H30N2S/c1-15(13-19-4)17-7-5-16(6-8-17)14-20-10-9-18(2,3)21-12-11-20/h5-8,15,19H,9-14H2,1-4H3. The number of rotatable bonds is 5. The van der Waals surface area contributed by atoms with Crippen LogP contribution >= 0.6 is 11.8 Å². The highest BCUT2D eigenvalue weighted by Crippen LogP contribution is 2.31. The molecule has 1 atom stereocenters. The van der Waals surface area contributed by atoms with Crippen molar-refractivity contribution in [2.24, 2.45) is 0 Å². The first-order valence-electron chi connectivity index (χ1n) is 8.10. The number of hydrogen-bond donors (Lipinski definition) is 1. The number of nitrogens with one attached hydrogen (secondary N) is 1. The largest absolute Gasteiger partial charge is 0.319 e. The van der Waals surface area contributed by atoms with Crippen LogP contribution in [0, 0.1) is 0 Å². The lowest BCUT2D eigenvalue weighted by molar-refractivity contribution is 0.276. The van der Waals surface area contributed by atoms with Crippen molar-refractivity contribution in [2.75, 3.05) is 32.4 Å². The van der Waals surface area contributed by atoms with E-state index in [-0.39, 0.29) is 0 Å². The van der Waals surface area contributed by atoms with Crippen LogP contribution in [-0.2, 0) is 6.54 Å². The second-order valence-corrected chi connectivity index (χ2v) is 8.64. The molecule has 1 saturated heterocycles. The van der Waals surface area contributed by atoms with Crippen molar-refractivity contribution in [1.82, 2.24) is 10.2 Å². The van der Waals surface area contributed by atoms with Gasteiger partial charge in [-0.3, -0.25) is 4.90 Å². The molecule has 118 valence electrons. The zero-order valence-electron chi connectivity index (χ0n) is 14.0. The molecule has 3 heteroatoms. The summed E-state index contributed by atoms with van der Waals surface area (Å²) in [5, 5.41) is 3.25. The Kier molecular flexibility index (Phi) is 6.15. The van der Waals surface area contributed by atoms with E-state index in [0.717, 1.165) is 13.1 Å². The van der Waals surface area contributed by atoms with E-state index in [2.05, 4.69) is 67.0 Å². The van der Waals surface area contributed by atoms with Crippen LogP contribution in [0.4, 0.5) is 0 Å². The van der Waals surface area contributed by atoms with Gasteiger partial charge in [0.05, 0.1) is 0 Å². The molecule has 1 fully saturated rings. The van der Waals surface area contributed by atoms with E-state index >= 15 is 0 Å². The van der Waals surface area contributed by atoms with Gasteiger partial charge >= 0.3 is 0 Å². The van der Waals surface area contributed by atoms with Gasteiger partial charge in [-0.1, -0.05) is 45.0 Å². The van der Waals surface area contributed by atoms with E-state index in [0.29, 0.717) is 10.7 Å². The van der Waals surface area contributed by atoms with Crippen LogP contribution in [0.25, 0.3) is 0 Å². The quantitative estimate of drug-likeness (QED) is 0.892. The SMILES string of the molecule is CNCC(C)c1ccc(CN2CCSC(C)(C)CC2)cc1. The molecule has 1 aromatic rings. The maximum absolute atomic E-state index is 3.25. The molecular weight excluding hydrogens is 276 g/mol. The minimum absolute atomic E-state index is 0.446. The Labute approximate surface area is 134 Å². The van der Waals surface area contributed by atoms with E-state index in [1.54, 1.807) is 0 Å². The average Bonchev–Trinajstić information content (AvgIpc) is 2.61. The molecule has 2 rings (SSSR count). The maximum Gasteiger partial charge on any atom is 0.0234 e. The van der Waals surface area contributed by atoms with E-state index in [1.165, 1.54) is 36.4 Å². The van der Waals surface area contributed by atoms with Crippen molar-refractivity contribution in [3.63, 3.8) is 0 Å². The van der Waals surface area contributed by atoms with Crippen molar-refractivity contribution in [3.05, 3.63) is 35.4 Å². The number of thioether (sulfide) groups is 1. The molecule has 2 nitrogen and oxygen atoms in total. The molecule has 0 aromatic heterocycles. The fourth-order valence-corrected chi connectivity index (χ4v) is 3.99. The Morgan fingerprint density at radius 3 is 2.62 bits per heavy atom. The smallest absolute Gasteiger partial charge is 0.0234 e. The summed E-state index contributed by atoms with van der Waals surface area (Å²) in [6.45, 7) is 11.6. The lowest BCUT2D eigenvalue weighted by Crippen LogP contribution is -2.26. The second-order valence-electron chi connectivity index (χ2n) is 6.83. The predicted octanol–water partition coefficient (Wildman–Crippen LogP) is 3.73. The summed E-state index contributed by atoms with van der Waals surface area (Å²) >= 11 is 2.12. The van der Waals surface area contributed by atoms with Gasteiger partial charge in [-0.15, -0.1) is 0 Å². The molecule has 0 bridgehead atoms. The molecule has 0 aliphatic carbocycles. The van der Waals surface area contributed by atoms with E-state index < -0.39 is 0 Å². The van der Waals surface area contributed by atoms with Crippen LogP contribution in [0.1, 0.15) is 44.2 Å². The highest BCUT2D eigenvalue weighted by atomic mass is 32.2. The topological polar surface area (TPSA) is 15.3 Å². The van der Waals surface area contributed by atoms with Crippen LogP contribution in [0.5, 0.6) is 0 Å². The first-order chi connectivity index (χ1) is 10.00. The summed E-state index contributed by atoms with van der Waals surface area (Å²) in [4.78, 5) is 2.60. The Bertz CT molecular complexity index is 427. The minimum Gasteiger partial charge on any atom is -0.319 e. The summed E-state index contributed by atoms with van der Waals surface area (Å²) in [5.74, 6) is 1.84. The summed E-state index contributed by atoms with van der Waals surface area (Å²) in [6.07, 6.45) is 1.29. The number of hydrogen-bond acceptors (Lipinski definition) is 3. The third-order valence-electron chi connectivity index (χ3n) is 4.40. The summed E-state index contributed by atoms with van der Waals surface area (Å²) in [5.41, 5.74) is 2.88. The second kappa shape index (κ2) is 7.66. The Balaban J connectivity index is 1.91. The van der Waals surface area contributed by atoms with Gasteiger partial charge in [0.25, 0.3) is 0 Å². The molecule has 0 saturated carbocycles. The zero-order chi connectivity index (χ0) is 15.3. The molecule has 1 unspecified atom stereocenters. The van der Waals surface area contributed by atoms with Crippen LogP contribution in [0.3, 0.4) is 0 Å². The van der Waals surface area contributed by atoms with Gasteiger partial charge in [-0.2, -0.15) is 11.8 Å². The number of likely N-dealkylation sites (N-methyl/N-ethyl adjacent to an activating group) is 1. The molecule has 1 aromatic carbocycles. The van der Waals surface area contributed by atoms with Gasteiger partial charge in [0.2, 0.25) is 0 Å². The Morgan fingerprint density at radius 2 is 1.95 bits per heavy atom. The van der Waals surface area contributed by atoms with E-state index in [9.17, 15) is 0 Å². The fourth-order valence-electron chi connectivity index (χ4n) is 2.85. The molecule has 1 N–H and O–H groups in total. The number of benzene rings is 1. The van der Waals surface area contributed by atoms with E-state index in [1.807, 2.05) is 7.05 Å². The molecule has 0 spiro atoms. The van der Waals surface area contributed by atoms with Crippen LogP contribution < -0.4 is 5.32 Å². The molecule has 21 heavy (non-hydrogen) atoms. The summed E-state index contributed by atoms with van der Waals surface area (Å²) < 4.78 is 0.446. The van der Waals surface area contributed by atoms with E-state index in [4.69, 9.17) is 0 Å². The lowest BCUT2D eigenvalue weighted by Gasteiger charge is -2.22. The summed E-state index contributed by atoms with van der Waals surface area (Å²) in [6, 6.07) is 9.22. The minimum atomic E-state index is 0.446. The lowest BCUT2D eigenvalue weighted by atomic mass is 9.99. The van der Waals surface area contributed by atoms with Gasteiger partial charge in [0, 0.05) is 30.1 Å².